The van der Waals surface area contributed by atoms with Crippen molar-refractivity contribution in [3.63, 3.8) is 0 Å². The third kappa shape index (κ3) is 3.19. The summed E-state index contributed by atoms with van der Waals surface area (Å²) in [4.78, 5) is 15.9. The van der Waals surface area contributed by atoms with Crippen LogP contribution < -0.4 is 0 Å². The van der Waals surface area contributed by atoms with Crippen molar-refractivity contribution in [2.45, 2.75) is 25.4 Å². The van der Waals surface area contributed by atoms with Gasteiger partial charge in [0.25, 0.3) is 0 Å². The Hall–Kier alpha value is -2.05. The van der Waals surface area contributed by atoms with Gasteiger partial charge in [0.05, 0.1) is 17.7 Å². The minimum absolute atomic E-state index is 0.0884. The zero-order chi connectivity index (χ0) is 18.1. The smallest absolute Gasteiger partial charge is 0.230 e. The van der Waals surface area contributed by atoms with Gasteiger partial charge in [-0.15, -0.1) is 11.8 Å². The van der Waals surface area contributed by atoms with Crippen LogP contribution in [0.1, 0.15) is 29.5 Å². The largest absolute Gasteiger partial charge is 0.385 e. The molecule has 26 heavy (non-hydrogen) atoms. The molecule has 136 valence electrons. The zero-order valence-electron chi connectivity index (χ0n) is 14.8. The number of amides is 1. The average Bonchev–Trinajstić information content (AvgIpc) is 3.33. The molecule has 1 aromatic heterocycles. The van der Waals surface area contributed by atoms with Crippen molar-refractivity contribution in [3.05, 3.63) is 59.4 Å². The molecule has 2 N–H and O–H groups in total. The summed E-state index contributed by atoms with van der Waals surface area (Å²) in [5.74, 6) is 0.857. The number of aliphatic hydroxyl groups is 1. The molecule has 3 heterocycles. The van der Waals surface area contributed by atoms with E-state index in [9.17, 15) is 9.90 Å². The fourth-order valence-corrected chi connectivity index (χ4v) is 5.00. The van der Waals surface area contributed by atoms with Crippen molar-refractivity contribution in [2.24, 2.45) is 5.92 Å². The lowest BCUT2D eigenvalue weighted by Crippen LogP contribution is -2.47. The average molecular weight is 369 g/mol. The van der Waals surface area contributed by atoms with Crippen LogP contribution in [0.25, 0.3) is 4.91 Å². The monoisotopic (exact) mass is 369 g/mol. The van der Waals surface area contributed by atoms with Crippen molar-refractivity contribution in [1.29, 1.82) is 0 Å². The number of rotatable bonds is 3. The summed E-state index contributed by atoms with van der Waals surface area (Å²) in [6.45, 7) is 3.22. The Morgan fingerprint density at radius 1 is 1.35 bits per heavy atom. The number of aromatic nitrogens is 2. The molecule has 0 radical (unpaired) electrons. The van der Waals surface area contributed by atoms with Gasteiger partial charge in [0.2, 0.25) is 5.91 Å². The topological polar surface area (TPSA) is 69.2 Å². The molecule has 1 saturated heterocycles. The number of aromatic amines is 1. The van der Waals surface area contributed by atoms with Crippen molar-refractivity contribution in [2.75, 3.05) is 18.8 Å². The molecule has 2 aliphatic rings. The predicted octanol–water partition coefficient (Wildman–Crippen LogP) is 2.93. The van der Waals surface area contributed by atoms with Gasteiger partial charge in [-0.2, -0.15) is 5.10 Å². The maximum atomic E-state index is 12.9. The molecule has 0 saturated carbocycles. The number of hydrogen-bond acceptors (Lipinski definition) is 4. The Morgan fingerprint density at radius 3 is 2.81 bits per heavy atom. The van der Waals surface area contributed by atoms with Crippen LogP contribution >= 0.6 is 11.8 Å². The molecule has 4 rings (SSSR count). The molecular formula is C20H23N3O2S. The summed E-state index contributed by atoms with van der Waals surface area (Å²) >= 11 is 1.70. The summed E-state index contributed by atoms with van der Waals surface area (Å²) in [5.41, 5.74) is 2.31. The Balaban J connectivity index is 1.42. The minimum atomic E-state index is -0.829. The Bertz CT molecular complexity index is 823. The molecule has 2 aromatic rings. The first-order valence-electron chi connectivity index (χ1n) is 8.98. The SMILES string of the molecule is Cc1ccccc1C1(O)CCN(C(=O)C2C=C(c3cn[nH]c3)SC2)CC1. The van der Waals surface area contributed by atoms with Crippen molar-refractivity contribution in [1.82, 2.24) is 15.1 Å². The van der Waals surface area contributed by atoms with E-state index in [-0.39, 0.29) is 11.8 Å². The lowest BCUT2D eigenvalue weighted by atomic mass is 9.82. The fourth-order valence-electron chi connectivity index (χ4n) is 3.86. The molecule has 1 amide bonds. The van der Waals surface area contributed by atoms with Crippen LogP contribution in [0.3, 0.4) is 0 Å². The van der Waals surface area contributed by atoms with E-state index in [0.717, 1.165) is 27.3 Å². The van der Waals surface area contributed by atoms with Gasteiger partial charge in [-0.05, 0) is 30.9 Å². The molecule has 1 unspecified atom stereocenters. The van der Waals surface area contributed by atoms with Crippen LogP contribution in [0.5, 0.6) is 0 Å². The highest BCUT2D eigenvalue weighted by atomic mass is 32.2. The molecule has 0 spiro atoms. The fraction of sp³-hybridized carbons (Fsp3) is 0.400. The number of thioether (sulfide) groups is 1. The molecule has 6 heteroatoms. The second kappa shape index (κ2) is 6.93. The Labute approximate surface area is 157 Å². The number of aryl methyl sites for hydroxylation is 1. The summed E-state index contributed by atoms with van der Waals surface area (Å²) in [6, 6.07) is 7.99. The number of H-pyrrole nitrogens is 1. The van der Waals surface area contributed by atoms with E-state index in [1.807, 2.05) is 42.3 Å². The summed E-state index contributed by atoms with van der Waals surface area (Å²) < 4.78 is 0. The molecule has 2 aliphatic heterocycles. The number of carbonyl (C=O) groups excluding carboxylic acids is 1. The zero-order valence-corrected chi connectivity index (χ0v) is 15.6. The first kappa shape index (κ1) is 17.4. The van der Waals surface area contributed by atoms with E-state index in [0.29, 0.717) is 25.9 Å². The van der Waals surface area contributed by atoms with Gasteiger partial charge in [0.15, 0.2) is 0 Å². The molecule has 1 aromatic carbocycles. The quantitative estimate of drug-likeness (QED) is 0.873. The third-order valence-electron chi connectivity index (χ3n) is 5.42. The van der Waals surface area contributed by atoms with E-state index < -0.39 is 5.60 Å². The second-order valence-corrected chi connectivity index (χ2v) is 8.17. The lowest BCUT2D eigenvalue weighted by molar-refractivity contribution is -0.137. The number of nitrogens with zero attached hydrogens (tertiary/aromatic N) is 2. The van der Waals surface area contributed by atoms with Crippen molar-refractivity contribution < 1.29 is 9.90 Å². The van der Waals surface area contributed by atoms with Crippen molar-refractivity contribution in [3.8, 4) is 0 Å². The van der Waals surface area contributed by atoms with Gasteiger partial charge in [-0.3, -0.25) is 9.89 Å². The van der Waals surface area contributed by atoms with Crippen LogP contribution in [0.4, 0.5) is 0 Å². The number of benzene rings is 1. The number of hydrogen-bond donors (Lipinski definition) is 2. The van der Waals surface area contributed by atoms with E-state index in [1.165, 1.54) is 0 Å². The van der Waals surface area contributed by atoms with Crippen molar-refractivity contribution >= 4 is 22.6 Å². The van der Waals surface area contributed by atoms with E-state index >= 15 is 0 Å². The summed E-state index contributed by atoms with van der Waals surface area (Å²) in [6.07, 6.45) is 6.87. The summed E-state index contributed by atoms with van der Waals surface area (Å²) in [5, 5.41) is 17.9. The van der Waals surface area contributed by atoms with Crippen LogP contribution in [0, 0.1) is 12.8 Å². The van der Waals surface area contributed by atoms with Crippen LogP contribution in [-0.4, -0.2) is 45.0 Å². The predicted molar refractivity (Wildman–Crippen MR) is 103 cm³/mol. The molecule has 0 bridgehead atoms. The molecule has 0 aliphatic carbocycles. The number of nitrogens with one attached hydrogen (secondary N) is 1. The summed E-state index contributed by atoms with van der Waals surface area (Å²) in [7, 11) is 0. The Kier molecular flexibility index (Phi) is 4.63. The van der Waals surface area contributed by atoms with Gasteiger partial charge in [0, 0.05) is 35.5 Å². The highest BCUT2D eigenvalue weighted by molar-refractivity contribution is 8.08. The number of piperidine rings is 1. The van der Waals surface area contributed by atoms with E-state index in [1.54, 1.807) is 18.0 Å². The minimum Gasteiger partial charge on any atom is -0.385 e. The maximum absolute atomic E-state index is 12.9. The van der Waals surface area contributed by atoms with Gasteiger partial charge < -0.3 is 10.0 Å². The maximum Gasteiger partial charge on any atom is 0.230 e. The van der Waals surface area contributed by atoms with Gasteiger partial charge in [-0.1, -0.05) is 30.3 Å². The first-order chi connectivity index (χ1) is 12.6. The van der Waals surface area contributed by atoms with Crippen LogP contribution in [-0.2, 0) is 10.4 Å². The molecule has 5 nitrogen and oxygen atoms in total. The highest BCUT2D eigenvalue weighted by Crippen LogP contribution is 2.39. The molecule has 1 fully saturated rings. The van der Waals surface area contributed by atoms with E-state index in [4.69, 9.17) is 0 Å². The number of likely N-dealkylation sites (tertiary alicyclic amines) is 1. The second-order valence-electron chi connectivity index (χ2n) is 7.11. The Morgan fingerprint density at radius 2 is 2.12 bits per heavy atom. The first-order valence-corrected chi connectivity index (χ1v) is 9.96. The molecular weight excluding hydrogens is 346 g/mol. The van der Waals surface area contributed by atoms with Gasteiger partial charge >= 0.3 is 0 Å². The number of carbonyl (C=O) groups is 1. The van der Waals surface area contributed by atoms with Gasteiger partial charge in [0.1, 0.15) is 0 Å². The van der Waals surface area contributed by atoms with Gasteiger partial charge in [-0.25, -0.2) is 0 Å². The third-order valence-corrected chi connectivity index (χ3v) is 6.63. The standard InChI is InChI=1S/C20H23N3O2S/c1-14-4-2-3-5-17(14)20(25)6-8-23(9-7-20)19(24)15-10-18(26-13-15)16-11-21-22-12-16/h2-5,10-12,15,25H,6-9,13H2,1H3,(H,21,22). The van der Waals surface area contributed by atoms with Crippen LogP contribution in [0.2, 0.25) is 0 Å². The molecule has 1 atom stereocenters. The lowest BCUT2D eigenvalue weighted by Gasteiger charge is -2.39. The normalized spacial score (nSPS) is 22.3. The van der Waals surface area contributed by atoms with Crippen LogP contribution in [0.15, 0.2) is 42.7 Å². The highest BCUT2D eigenvalue weighted by Gasteiger charge is 2.38. The van der Waals surface area contributed by atoms with E-state index in [2.05, 4.69) is 16.3 Å².